The highest BCUT2D eigenvalue weighted by atomic mass is 16.5. The maximum absolute atomic E-state index is 5.63. The molecule has 0 saturated heterocycles. The Morgan fingerprint density at radius 1 is 0.713 bits per heavy atom. The topological polar surface area (TPSA) is 17.4 Å². The molecule has 1 aromatic heterocycles. The van der Waals surface area contributed by atoms with E-state index < -0.39 is 5.41 Å². The van der Waals surface area contributed by atoms with Crippen LogP contribution >= 0.6 is 0 Å². The third-order valence-corrected chi connectivity index (χ3v) is 16.9. The van der Waals surface area contributed by atoms with Crippen molar-refractivity contribution in [2.45, 2.75) is 121 Å². The van der Waals surface area contributed by atoms with E-state index in [1.54, 1.807) is 7.11 Å². The van der Waals surface area contributed by atoms with Gasteiger partial charge in [-0.2, -0.15) is 0 Å². The number of benzene rings is 7. The van der Waals surface area contributed by atoms with Gasteiger partial charge in [-0.3, -0.25) is 0 Å². The number of aromatic nitrogens is 1. The van der Waals surface area contributed by atoms with Gasteiger partial charge in [0.15, 0.2) is 0 Å². The van der Waals surface area contributed by atoms with Gasteiger partial charge in [-0.25, -0.2) is 0 Å². The van der Waals surface area contributed by atoms with E-state index in [2.05, 4.69) is 301 Å². The van der Waals surface area contributed by atoms with Gasteiger partial charge in [0.1, 0.15) is 5.76 Å². The van der Waals surface area contributed by atoms with Crippen molar-refractivity contribution < 1.29 is 4.74 Å². The third kappa shape index (κ3) is 11.5. The molecule has 0 saturated carbocycles. The van der Waals surface area contributed by atoms with Gasteiger partial charge in [0.25, 0.3) is 0 Å². The predicted molar refractivity (Wildman–Crippen MR) is 345 cm³/mol. The van der Waals surface area contributed by atoms with Gasteiger partial charge in [-0.1, -0.05) is 194 Å². The second-order valence-electron chi connectivity index (χ2n) is 24.5. The van der Waals surface area contributed by atoms with Crippen LogP contribution in [0.2, 0.25) is 0 Å². The van der Waals surface area contributed by atoms with Crippen LogP contribution in [0.25, 0.3) is 39.4 Å². The summed E-state index contributed by atoms with van der Waals surface area (Å²) < 4.78 is 8.04. The molecule has 8 aromatic rings. The van der Waals surface area contributed by atoms with Crippen molar-refractivity contribution in [2.75, 3.05) is 12.0 Å². The van der Waals surface area contributed by atoms with E-state index in [-0.39, 0.29) is 10.8 Å². The van der Waals surface area contributed by atoms with Crippen LogP contribution in [0.15, 0.2) is 206 Å². The molecule has 1 atom stereocenters. The lowest BCUT2D eigenvalue weighted by Gasteiger charge is -2.42. The lowest BCUT2D eigenvalue weighted by atomic mass is 9.71. The van der Waals surface area contributed by atoms with Crippen molar-refractivity contribution in [3.63, 3.8) is 0 Å². The molecule has 0 amide bonds. The molecule has 1 aliphatic heterocycles. The summed E-state index contributed by atoms with van der Waals surface area (Å²) in [7, 11) is 1.69. The Hall–Kier alpha value is -8.06. The Morgan fingerprint density at radius 2 is 1.34 bits per heavy atom. The zero-order valence-electron chi connectivity index (χ0n) is 50.3. The number of hydrogen-bond acceptors (Lipinski definition) is 2. The minimum atomic E-state index is -0.490. The number of aryl methyl sites for hydroxylation is 2. The normalized spacial score (nSPS) is 13.9. The first-order valence-electron chi connectivity index (χ1n) is 28.6. The summed E-state index contributed by atoms with van der Waals surface area (Å²) in [5, 5.41) is 1.16. The van der Waals surface area contributed by atoms with E-state index in [4.69, 9.17) is 4.74 Å². The molecule has 9 rings (SSSR count). The smallest absolute Gasteiger partial charge is 0.127 e. The number of para-hydroxylation sites is 2. The Labute approximate surface area is 479 Å². The summed E-state index contributed by atoms with van der Waals surface area (Å²) in [6.07, 6.45) is 11.5. The summed E-state index contributed by atoms with van der Waals surface area (Å²) in [6.45, 7) is 36.2. The molecular weight excluding hydrogens is 969 g/mol. The van der Waals surface area contributed by atoms with Gasteiger partial charge in [-0.15, -0.1) is 0 Å². The van der Waals surface area contributed by atoms with Crippen LogP contribution in [-0.4, -0.2) is 11.7 Å². The van der Waals surface area contributed by atoms with Crippen molar-refractivity contribution in [2.24, 2.45) is 10.8 Å². The number of methoxy groups -OCH3 is 1. The summed E-state index contributed by atoms with van der Waals surface area (Å²) >= 11 is 0. The van der Waals surface area contributed by atoms with Gasteiger partial charge in [0.05, 0.1) is 29.4 Å². The van der Waals surface area contributed by atoms with E-state index in [1.807, 2.05) is 12.2 Å². The van der Waals surface area contributed by atoms with E-state index in [0.717, 1.165) is 68.0 Å². The monoisotopic (exact) mass is 1050 g/mol. The van der Waals surface area contributed by atoms with Crippen molar-refractivity contribution >= 4 is 39.6 Å². The maximum Gasteiger partial charge on any atom is 0.127 e. The molecule has 3 nitrogen and oxygen atoms in total. The lowest BCUT2D eigenvalue weighted by Crippen LogP contribution is -2.30. The van der Waals surface area contributed by atoms with Crippen LogP contribution in [0.3, 0.4) is 0 Å². The molecule has 406 valence electrons. The average molecular weight is 1050 g/mol. The van der Waals surface area contributed by atoms with Crippen molar-refractivity contribution in [1.82, 2.24) is 4.57 Å². The minimum absolute atomic E-state index is 0.0583. The molecule has 0 fully saturated rings. The van der Waals surface area contributed by atoms with E-state index in [0.29, 0.717) is 11.8 Å². The first-order valence-corrected chi connectivity index (χ1v) is 28.6. The number of fused-ring (bicyclic) bond motifs is 3. The number of ether oxygens (including phenoxy) is 1. The molecule has 0 spiro atoms. The van der Waals surface area contributed by atoms with E-state index in [9.17, 15) is 0 Å². The molecule has 1 unspecified atom stereocenters. The number of rotatable bonds is 15. The van der Waals surface area contributed by atoms with E-state index >= 15 is 0 Å². The maximum atomic E-state index is 5.63. The Morgan fingerprint density at radius 3 is 1.91 bits per heavy atom. The highest BCUT2D eigenvalue weighted by Gasteiger charge is 2.36. The number of nitrogens with zero attached hydrogens (tertiary/aromatic N) is 2. The fourth-order valence-corrected chi connectivity index (χ4v) is 12.0. The highest BCUT2D eigenvalue weighted by Crippen LogP contribution is 2.52. The SMILES string of the molecule is C=C(c1ccc(N2c3ccccc3C(C)(C)c3ccccc32)cc1)c1ccc(-n2c(/C=C(\C=C/C)C(C)(C)C#C/C=C(\C=C(C)C)OC)cc3ccc(-c4ccc(C(C)C(C)(C)Cc5ccc(C(C)C)c(C)c5)cc4C)cc32)cc1. The Bertz CT molecular complexity index is 3760. The van der Waals surface area contributed by atoms with Crippen LogP contribution in [-0.2, 0) is 16.6 Å². The first-order chi connectivity index (χ1) is 38.1. The number of anilines is 3. The van der Waals surface area contributed by atoms with Crippen LogP contribution in [0.5, 0.6) is 0 Å². The predicted octanol–water partition coefficient (Wildman–Crippen LogP) is 21.1. The molecule has 80 heavy (non-hydrogen) atoms. The van der Waals surface area contributed by atoms with Gasteiger partial charge in [0.2, 0.25) is 0 Å². The fraction of sp³-hybridized carbons (Fsp3) is 0.273. The minimum Gasteiger partial charge on any atom is -0.496 e. The summed E-state index contributed by atoms with van der Waals surface area (Å²) in [5.74, 6) is 8.52. The fourth-order valence-electron chi connectivity index (χ4n) is 12.0. The number of hydrogen-bond donors (Lipinski definition) is 0. The molecular formula is C77H82N2O. The van der Waals surface area contributed by atoms with Crippen LogP contribution in [0.1, 0.15) is 151 Å². The summed E-state index contributed by atoms with van der Waals surface area (Å²) in [4.78, 5) is 2.40. The largest absolute Gasteiger partial charge is 0.496 e. The molecule has 0 bridgehead atoms. The van der Waals surface area contributed by atoms with Crippen molar-refractivity contribution in [3.05, 3.63) is 261 Å². The van der Waals surface area contributed by atoms with Crippen LogP contribution in [0, 0.1) is 36.5 Å². The van der Waals surface area contributed by atoms with Gasteiger partial charge in [-0.05, 0) is 205 Å². The first kappa shape index (κ1) is 56.7. The van der Waals surface area contributed by atoms with Gasteiger partial charge >= 0.3 is 0 Å². The molecule has 7 aromatic carbocycles. The Kier molecular flexibility index (Phi) is 16.3. The zero-order valence-corrected chi connectivity index (χ0v) is 50.3. The second kappa shape index (κ2) is 23.0. The molecule has 1 aliphatic rings. The van der Waals surface area contributed by atoms with Crippen LogP contribution < -0.4 is 4.90 Å². The van der Waals surface area contributed by atoms with Crippen molar-refractivity contribution in [3.8, 4) is 28.7 Å². The number of allylic oxidation sites excluding steroid dienone is 6. The average Bonchev–Trinajstić information content (AvgIpc) is 3.79. The standard InChI is InChI=1S/C77H82N2O/c1-17-23-63(75(10,11)43-22-24-67(80-16)44-51(2)3)49-66-47-62-31-30-61(69-42-36-60(46-54(69)7)56(9)76(12,13)50-57-29-41-68(52(4)5)53(6)45-57)48-74(62)78(66)64-37-32-58(33-38-64)55(8)59-34-39-65(40-35-59)79-72-27-20-18-25-70(72)77(14,15)71-26-19-21-28-73(71)79/h17-21,23-42,44-49,52,56H,8,50H2,1-7,9-16H3/b23-17-,63-49+,67-24+. The molecule has 0 N–H and O–H groups in total. The second-order valence-corrected chi connectivity index (χ2v) is 24.5. The molecule has 0 aliphatic carbocycles. The summed E-state index contributed by atoms with van der Waals surface area (Å²) in [5.41, 5.74) is 23.6. The molecule has 3 heteroatoms. The van der Waals surface area contributed by atoms with Crippen LogP contribution in [0.4, 0.5) is 17.1 Å². The third-order valence-electron chi connectivity index (χ3n) is 16.9. The van der Waals surface area contributed by atoms with Gasteiger partial charge in [0, 0.05) is 33.9 Å². The zero-order chi connectivity index (χ0) is 57.3. The Balaban J connectivity index is 1.07. The highest BCUT2D eigenvalue weighted by molar-refractivity contribution is 5.91. The lowest BCUT2D eigenvalue weighted by molar-refractivity contribution is 0.298. The molecule has 0 radical (unpaired) electrons. The quantitative estimate of drug-likeness (QED) is 0.0578. The van der Waals surface area contributed by atoms with Crippen molar-refractivity contribution in [1.29, 1.82) is 0 Å². The molecule has 2 heterocycles. The summed E-state index contributed by atoms with van der Waals surface area (Å²) in [6, 6.07) is 58.9. The van der Waals surface area contributed by atoms with E-state index in [1.165, 1.54) is 61.4 Å². The van der Waals surface area contributed by atoms with Gasteiger partial charge < -0.3 is 14.2 Å².